The van der Waals surface area contributed by atoms with E-state index in [1.165, 1.54) is 12.1 Å². The van der Waals surface area contributed by atoms with E-state index in [1.807, 2.05) is 18.2 Å². The van der Waals surface area contributed by atoms with Gasteiger partial charge in [-0.1, -0.05) is 34.1 Å². The highest BCUT2D eigenvalue weighted by Gasteiger charge is 2.28. The summed E-state index contributed by atoms with van der Waals surface area (Å²) in [5.41, 5.74) is 1.66. The minimum Gasteiger partial charge on any atom is -0.485 e. The van der Waals surface area contributed by atoms with E-state index in [9.17, 15) is 9.50 Å². The predicted molar refractivity (Wildman–Crippen MR) is 73.5 cm³/mol. The molecule has 19 heavy (non-hydrogen) atoms. The molecular formula is C15H12BrFO2. The smallest absolute Gasteiger partial charge is 0.127 e. The van der Waals surface area contributed by atoms with Gasteiger partial charge in [-0.05, 0) is 29.8 Å². The second-order valence-corrected chi connectivity index (χ2v) is 5.51. The van der Waals surface area contributed by atoms with E-state index < -0.39 is 6.10 Å². The lowest BCUT2D eigenvalue weighted by Gasteiger charge is -2.30. The molecule has 0 bridgehead atoms. The van der Waals surface area contributed by atoms with Crippen LogP contribution >= 0.6 is 15.9 Å². The molecule has 0 amide bonds. The summed E-state index contributed by atoms with van der Waals surface area (Å²) >= 11 is 3.38. The van der Waals surface area contributed by atoms with Gasteiger partial charge in [0.2, 0.25) is 0 Å². The highest BCUT2D eigenvalue weighted by atomic mass is 79.9. The zero-order valence-corrected chi connectivity index (χ0v) is 11.6. The van der Waals surface area contributed by atoms with Crippen LogP contribution in [0.5, 0.6) is 5.75 Å². The quantitative estimate of drug-likeness (QED) is 0.854. The summed E-state index contributed by atoms with van der Waals surface area (Å²) in [6.45, 7) is 0. The summed E-state index contributed by atoms with van der Waals surface area (Å²) in [6, 6.07) is 11.8. The number of aliphatic hydroxyl groups is 1. The monoisotopic (exact) mass is 322 g/mol. The van der Waals surface area contributed by atoms with Gasteiger partial charge in [-0.3, -0.25) is 0 Å². The summed E-state index contributed by atoms with van der Waals surface area (Å²) in [7, 11) is 0. The van der Waals surface area contributed by atoms with Crippen molar-refractivity contribution in [2.75, 3.05) is 0 Å². The van der Waals surface area contributed by atoms with Crippen molar-refractivity contribution in [3.05, 3.63) is 63.9 Å². The fourth-order valence-corrected chi connectivity index (χ4v) is 2.64. The lowest BCUT2D eigenvalue weighted by atomic mass is 9.95. The average Bonchev–Trinajstić information content (AvgIpc) is 2.38. The molecule has 4 heteroatoms. The third-order valence-electron chi connectivity index (χ3n) is 3.28. The maximum absolute atomic E-state index is 12.9. The molecule has 3 rings (SSSR count). The molecular weight excluding hydrogens is 311 g/mol. The first-order valence-electron chi connectivity index (χ1n) is 6.03. The van der Waals surface area contributed by atoms with E-state index in [4.69, 9.17) is 4.74 Å². The Balaban J connectivity index is 1.93. The Labute approximate surface area is 119 Å². The van der Waals surface area contributed by atoms with E-state index in [1.54, 1.807) is 12.1 Å². The lowest BCUT2D eigenvalue weighted by molar-refractivity contribution is 0.0656. The molecule has 1 aliphatic rings. The van der Waals surface area contributed by atoms with Crippen LogP contribution in [-0.2, 0) is 0 Å². The topological polar surface area (TPSA) is 29.5 Å². The lowest BCUT2D eigenvalue weighted by Crippen LogP contribution is -2.19. The molecule has 0 saturated carbocycles. The van der Waals surface area contributed by atoms with Crippen LogP contribution in [0.1, 0.15) is 29.8 Å². The number of rotatable bonds is 1. The predicted octanol–water partition coefficient (Wildman–Crippen LogP) is 4.15. The highest BCUT2D eigenvalue weighted by molar-refractivity contribution is 9.10. The molecule has 1 N–H and O–H groups in total. The number of ether oxygens (including phenoxy) is 1. The fraction of sp³-hybridized carbons (Fsp3) is 0.200. The van der Waals surface area contributed by atoms with Crippen LogP contribution in [0.25, 0.3) is 0 Å². The van der Waals surface area contributed by atoms with E-state index in [-0.39, 0.29) is 11.9 Å². The van der Waals surface area contributed by atoms with Gasteiger partial charge in [-0.25, -0.2) is 4.39 Å². The van der Waals surface area contributed by atoms with Gasteiger partial charge < -0.3 is 9.84 Å². The van der Waals surface area contributed by atoms with Gasteiger partial charge in [-0.2, -0.15) is 0 Å². The summed E-state index contributed by atoms with van der Waals surface area (Å²) in [6.07, 6.45) is -0.343. The number of fused-ring (bicyclic) bond motifs is 1. The number of benzene rings is 2. The van der Waals surface area contributed by atoms with Crippen molar-refractivity contribution < 1.29 is 14.2 Å². The third-order valence-corrected chi connectivity index (χ3v) is 3.78. The minimum absolute atomic E-state index is 0.252. The molecule has 0 fully saturated rings. The van der Waals surface area contributed by atoms with E-state index in [0.29, 0.717) is 12.2 Å². The number of aliphatic hydroxyl groups excluding tert-OH is 1. The minimum atomic E-state index is -0.563. The van der Waals surface area contributed by atoms with Gasteiger partial charge in [0.05, 0.1) is 6.10 Å². The highest BCUT2D eigenvalue weighted by Crippen LogP contribution is 2.41. The summed E-state index contributed by atoms with van der Waals surface area (Å²) < 4.78 is 19.7. The van der Waals surface area contributed by atoms with Gasteiger partial charge in [0.15, 0.2) is 0 Å². The van der Waals surface area contributed by atoms with Crippen molar-refractivity contribution in [1.82, 2.24) is 0 Å². The van der Waals surface area contributed by atoms with Crippen LogP contribution in [0.2, 0.25) is 0 Å². The van der Waals surface area contributed by atoms with Crippen molar-refractivity contribution in [3.8, 4) is 5.75 Å². The van der Waals surface area contributed by atoms with Gasteiger partial charge in [-0.15, -0.1) is 0 Å². The molecule has 0 spiro atoms. The Kier molecular flexibility index (Phi) is 3.29. The molecule has 98 valence electrons. The van der Waals surface area contributed by atoms with Crippen LogP contribution in [0, 0.1) is 5.82 Å². The first kappa shape index (κ1) is 12.6. The molecule has 0 aromatic heterocycles. The van der Waals surface area contributed by atoms with Gasteiger partial charge in [0, 0.05) is 16.5 Å². The number of hydrogen-bond acceptors (Lipinski definition) is 2. The van der Waals surface area contributed by atoms with Crippen LogP contribution in [-0.4, -0.2) is 5.11 Å². The van der Waals surface area contributed by atoms with E-state index in [0.717, 1.165) is 15.6 Å². The molecule has 2 nitrogen and oxygen atoms in total. The Morgan fingerprint density at radius 2 is 1.89 bits per heavy atom. The van der Waals surface area contributed by atoms with Crippen molar-refractivity contribution >= 4 is 15.9 Å². The summed E-state index contributed by atoms with van der Waals surface area (Å²) in [5, 5.41) is 10.2. The van der Waals surface area contributed by atoms with Crippen molar-refractivity contribution in [2.45, 2.75) is 18.6 Å². The van der Waals surface area contributed by atoms with Crippen LogP contribution in [0.4, 0.5) is 4.39 Å². The van der Waals surface area contributed by atoms with Crippen LogP contribution < -0.4 is 4.74 Å². The molecule has 0 aliphatic carbocycles. The summed E-state index contributed by atoms with van der Waals surface area (Å²) in [5.74, 6) is 0.394. The maximum atomic E-state index is 12.9. The SMILES string of the molecule is O[C@H]1CC(c2ccc(F)cc2)Oc2cc(Br)ccc21. The number of hydrogen-bond donors (Lipinski definition) is 1. The molecule has 1 heterocycles. The average molecular weight is 323 g/mol. The molecule has 0 radical (unpaired) electrons. The van der Waals surface area contributed by atoms with E-state index in [2.05, 4.69) is 15.9 Å². The second kappa shape index (κ2) is 4.94. The Morgan fingerprint density at radius 1 is 1.16 bits per heavy atom. The van der Waals surface area contributed by atoms with Crippen molar-refractivity contribution in [1.29, 1.82) is 0 Å². The fourth-order valence-electron chi connectivity index (χ4n) is 2.30. The molecule has 0 saturated heterocycles. The van der Waals surface area contributed by atoms with Gasteiger partial charge >= 0.3 is 0 Å². The molecule has 2 atom stereocenters. The third kappa shape index (κ3) is 2.51. The Morgan fingerprint density at radius 3 is 2.63 bits per heavy atom. The second-order valence-electron chi connectivity index (χ2n) is 4.59. The first-order chi connectivity index (χ1) is 9.13. The molecule has 2 aromatic carbocycles. The standard InChI is InChI=1S/C15H12BrFO2/c16-10-3-6-12-13(18)8-14(19-15(12)7-10)9-1-4-11(17)5-2-9/h1-7,13-14,18H,8H2/t13-,14?/m0/s1. The summed E-state index contributed by atoms with van der Waals surface area (Å²) in [4.78, 5) is 0. The zero-order valence-electron chi connectivity index (χ0n) is 10.0. The molecule has 1 aliphatic heterocycles. The Bertz CT molecular complexity index is 598. The molecule has 1 unspecified atom stereocenters. The number of halogens is 2. The zero-order chi connectivity index (χ0) is 13.4. The normalized spacial score (nSPS) is 21.6. The van der Waals surface area contributed by atoms with E-state index >= 15 is 0 Å². The Hall–Kier alpha value is -1.39. The van der Waals surface area contributed by atoms with Gasteiger partial charge in [0.1, 0.15) is 17.7 Å². The maximum Gasteiger partial charge on any atom is 0.127 e. The van der Waals surface area contributed by atoms with Crippen molar-refractivity contribution in [2.24, 2.45) is 0 Å². The van der Waals surface area contributed by atoms with Gasteiger partial charge in [0.25, 0.3) is 0 Å². The van der Waals surface area contributed by atoms with Crippen LogP contribution in [0.15, 0.2) is 46.9 Å². The molecule has 2 aromatic rings. The van der Waals surface area contributed by atoms with Crippen molar-refractivity contribution in [3.63, 3.8) is 0 Å². The van der Waals surface area contributed by atoms with Crippen LogP contribution in [0.3, 0.4) is 0 Å². The first-order valence-corrected chi connectivity index (χ1v) is 6.82. The largest absolute Gasteiger partial charge is 0.485 e.